The Hall–Kier alpha value is -2.23. The lowest BCUT2D eigenvalue weighted by Crippen LogP contribution is -2.20. The lowest BCUT2D eigenvalue weighted by atomic mass is 10.1. The van der Waals surface area contributed by atoms with E-state index in [2.05, 4.69) is 4.90 Å². The summed E-state index contributed by atoms with van der Waals surface area (Å²) in [6.07, 6.45) is 0.946. The molecule has 4 heteroatoms. The molecular formula is C17H19FN2O. The highest BCUT2D eigenvalue weighted by Gasteiger charge is 2.21. The molecule has 2 aromatic rings. The lowest BCUT2D eigenvalue weighted by Gasteiger charge is -2.21. The van der Waals surface area contributed by atoms with Crippen LogP contribution in [0.1, 0.15) is 18.1 Å². The summed E-state index contributed by atoms with van der Waals surface area (Å²) >= 11 is 0. The quantitative estimate of drug-likeness (QED) is 0.876. The molecule has 0 unspecified atom stereocenters. The standard InChI is InChI=1S/C17H19FN2O/c1-2-21-17-6-5-15(19)9-13(17)11-20-8-7-12-3-4-14(18)10-16(12)20/h3-6,9-10H,2,7-8,11,19H2,1H3. The number of nitrogens with zero attached hydrogens (tertiary/aromatic N) is 1. The van der Waals surface area contributed by atoms with Gasteiger partial charge < -0.3 is 15.4 Å². The number of fused-ring (bicyclic) bond motifs is 1. The third-order valence-corrected chi connectivity index (χ3v) is 3.78. The van der Waals surface area contributed by atoms with Gasteiger partial charge in [-0.3, -0.25) is 0 Å². The molecule has 0 spiro atoms. The van der Waals surface area contributed by atoms with Gasteiger partial charge in [0.2, 0.25) is 0 Å². The Kier molecular flexibility index (Phi) is 3.69. The van der Waals surface area contributed by atoms with Crippen molar-refractivity contribution in [3.05, 3.63) is 53.3 Å². The van der Waals surface area contributed by atoms with E-state index in [0.717, 1.165) is 30.0 Å². The van der Waals surface area contributed by atoms with Crippen LogP contribution in [-0.4, -0.2) is 13.2 Å². The molecule has 1 heterocycles. The molecule has 0 radical (unpaired) electrons. The lowest BCUT2D eigenvalue weighted by molar-refractivity contribution is 0.336. The Balaban J connectivity index is 1.89. The zero-order chi connectivity index (χ0) is 14.8. The van der Waals surface area contributed by atoms with E-state index in [1.807, 2.05) is 31.2 Å². The third-order valence-electron chi connectivity index (χ3n) is 3.78. The monoisotopic (exact) mass is 286 g/mol. The number of nitrogen functional groups attached to an aromatic ring is 1. The number of benzene rings is 2. The van der Waals surface area contributed by atoms with Crippen molar-refractivity contribution >= 4 is 11.4 Å². The fourth-order valence-corrected chi connectivity index (χ4v) is 2.81. The SMILES string of the molecule is CCOc1ccc(N)cc1CN1CCc2ccc(F)cc21. The number of halogens is 1. The van der Waals surface area contributed by atoms with Gasteiger partial charge in [-0.15, -0.1) is 0 Å². The Bertz CT molecular complexity index is 657. The minimum absolute atomic E-state index is 0.196. The predicted molar refractivity (Wildman–Crippen MR) is 83.2 cm³/mol. The van der Waals surface area contributed by atoms with Crippen molar-refractivity contribution in [2.24, 2.45) is 0 Å². The van der Waals surface area contributed by atoms with Gasteiger partial charge in [0.1, 0.15) is 11.6 Å². The summed E-state index contributed by atoms with van der Waals surface area (Å²) in [7, 11) is 0. The van der Waals surface area contributed by atoms with Crippen molar-refractivity contribution in [1.82, 2.24) is 0 Å². The zero-order valence-electron chi connectivity index (χ0n) is 12.1. The average molecular weight is 286 g/mol. The molecule has 2 N–H and O–H groups in total. The molecule has 0 aliphatic carbocycles. The van der Waals surface area contributed by atoms with Gasteiger partial charge in [-0.05, 0) is 49.2 Å². The average Bonchev–Trinajstić information content (AvgIpc) is 2.84. The van der Waals surface area contributed by atoms with Gasteiger partial charge in [0.25, 0.3) is 0 Å². The number of ether oxygens (including phenoxy) is 1. The molecule has 0 atom stereocenters. The van der Waals surface area contributed by atoms with E-state index in [4.69, 9.17) is 10.5 Å². The minimum atomic E-state index is -0.196. The van der Waals surface area contributed by atoms with Gasteiger partial charge in [0, 0.05) is 30.0 Å². The normalized spacial score (nSPS) is 13.3. The first-order chi connectivity index (χ1) is 10.2. The summed E-state index contributed by atoms with van der Waals surface area (Å²) in [5, 5.41) is 0. The number of rotatable bonds is 4. The van der Waals surface area contributed by atoms with Crippen LogP contribution in [0.5, 0.6) is 5.75 Å². The Morgan fingerprint density at radius 1 is 1.24 bits per heavy atom. The Morgan fingerprint density at radius 2 is 2.10 bits per heavy atom. The molecule has 0 bridgehead atoms. The summed E-state index contributed by atoms with van der Waals surface area (Å²) < 4.78 is 19.1. The summed E-state index contributed by atoms with van der Waals surface area (Å²) in [4.78, 5) is 2.18. The highest BCUT2D eigenvalue weighted by molar-refractivity contribution is 5.59. The summed E-state index contributed by atoms with van der Waals surface area (Å²) in [6.45, 7) is 4.14. The van der Waals surface area contributed by atoms with Crippen molar-refractivity contribution in [3.63, 3.8) is 0 Å². The van der Waals surface area contributed by atoms with E-state index in [1.54, 1.807) is 6.07 Å². The third kappa shape index (κ3) is 2.79. The molecule has 21 heavy (non-hydrogen) atoms. The van der Waals surface area contributed by atoms with Gasteiger partial charge in [0.15, 0.2) is 0 Å². The first-order valence-electron chi connectivity index (χ1n) is 7.22. The van der Waals surface area contributed by atoms with Crippen LogP contribution in [0.15, 0.2) is 36.4 Å². The fraction of sp³-hybridized carbons (Fsp3) is 0.294. The molecule has 3 rings (SSSR count). The van der Waals surface area contributed by atoms with Crippen LogP contribution in [0.2, 0.25) is 0 Å². The topological polar surface area (TPSA) is 38.5 Å². The molecule has 0 saturated carbocycles. The second kappa shape index (κ2) is 5.64. The van der Waals surface area contributed by atoms with Crippen LogP contribution in [0, 0.1) is 5.82 Å². The largest absolute Gasteiger partial charge is 0.494 e. The van der Waals surface area contributed by atoms with E-state index >= 15 is 0 Å². The molecule has 1 aliphatic rings. The van der Waals surface area contributed by atoms with Crippen molar-refractivity contribution in [2.45, 2.75) is 19.9 Å². The molecule has 0 amide bonds. The maximum Gasteiger partial charge on any atom is 0.125 e. The molecule has 2 aromatic carbocycles. The van der Waals surface area contributed by atoms with Gasteiger partial charge in [0.05, 0.1) is 6.61 Å². The summed E-state index contributed by atoms with van der Waals surface area (Å²) in [6, 6.07) is 10.7. The second-order valence-electron chi connectivity index (χ2n) is 5.24. The van der Waals surface area contributed by atoms with Crippen LogP contribution in [0.4, 0.5) is 15.8 Å². The molecule has 1 aliphatic heterocycles. The van der Waals surface area contributed by atoms with Crippen LogP contribution < -0.4 is 15.4 Å². The molecule has 3 nitrogen and oxygen atoms in total. The van der Waals surface area contributed by atoms with E-state index in [0.29, 0.717) is 18.8 Å². The Morgan fingerprint density at radius 3 is 2.90 bits per heavy atom. The molecule has 0 aromatic heterocycles. The van der Waals surface area contributed by atoms with E-state index in [1.165, 1.54) is 11.6 Å². The highest BCUT2D eigenvalue weighted by atomic mass is 19.1. The van der Waals surface area contributed by atoms with Crippen LogP contribution in [-0.2, 0) is 13.0 Å². The number of hydrogen-bond donors (Lipinski definition) is 1. The van der Waals surface area contributed by atoms with E-state index in [-0.39, 0.29) is 5.82 Å². The van der Waals surface area contributed by atoms with Crippen LogP contribution >= 0.6 is 0 Å². The molecular weight excluding hydrogens is 267 g/mol. The summed E-state index contributed by atoms with van der Waals surface area (Å²) in [5.41, 5.74) is 9.80. The summed E-state index contributed by atoms with van der Waals surface area (Å²) in [5.74, 6) is 0.648. The zero-order valence-corrected chi connectivity index (χ0v) is 12.1. The van der Waals surface area contributed by atoms with Gasteiger partial charge in [-0.2, -0.15) is 0 Å². The van der Waals surface area contributed by atoms with Crippen LogP contribution in [0.3, 0.4) is 0 Å². The van der Waals surface area contributed by atoms with Crippen molar-refractivity contribution in [1.29, 1.82) is 0 Å². The highest BCUT2D eigenvalue weighted by Crippen LogP contribution is 2.32. The second-order valence-corrected chi connectivity index (χ2v) is 5.24. The van der Waals surface area contributed by atoms with Crippen molar-refractivity contribution in [3.8, 4) is 5.75 Å². The predicted octanol–water partition coefficient (Wildman–Crippen LogP) is 3.37. The smallest absolute Gasteiger partial charge is 0.125 e. The number of anilines is 2. The van der Waals surface area contributed by atoms with Gasteiger partial charge >= 0.3 is 0 Å². The maximum atomic E-state index is 13.5. The molecule has 0 fully saturated rings. The van der Waals surface area contributed by atoms with Gasteiger partial charge in [-0.1, -0.05) is 6.07 Å². The van der Waals surface area contributed by atoms with E-state index < -0.39 is 0 Å². The maximum absolute atomic E-state index is 13.5. The molecule has 0 saturated heterocycles. The van der Waals surface area contributed by atoms with Crippen molar-refractivity contribution in [2.75, 3.05) is 23.8 Å². The van der Waals surface area contributed by atoms with Crippen LogP contribution in [0.25, 0.3) is 0 Å². The van der Waals surface area contributed by atoms with E-state index in [9.17, 15) is 4.39 Å². The first-order valence-corrected chi connectivity index (χ1v) is 7.22. The number of nitrogens with two attached hydrogens (primary N) is 1. The van der Waals surface area contributed by atoms with Gasteiger partial charge in [-0.25, -0.2) is 4.39 Å². The Labute approximate surface area is 124 Å². The van der Waals surface area contributed by atoms with Crippen molar-refractivity contribution < 1.29 is 9.13 Å². The first kappa shape index (κ1) is 13.7. The molecule has 110 valence electrons. The number of hydrogen-bond acceptors (Lipinski definition) is 3. The minimum Gasteiger partial charge on any atom is -0.494 e. The fourth-order valence-electron chi connectivity index (χ4n) is 2.81.